The van der Waals surface area contributed by atoms with Crippen LogP contribution in [0.3, 0.4) is 0 Å². The average molecular weight is 422 g/mol. The molecule has 152 valence electrons. The first-order valence-electron chi connectivity index (χ1n) is 8.96. The van der Waals surface area contributed by atoms with Crippen LogP contribution in [0.5, 0.6) is 5.75 Å². The molecule has 0 atom stereocenters. The van der Waals surface area contributed by atoms with Gasteiger partial charge in [-0.05, 0) is 42.7 Å². The molecule has 2 aromatic rings. The molecule has 1 aliphatic carbocycles. The van der Waals surface area contributed by atoms with Crippen LogP contribution < -0.4 is 10.5 Å². The number of carbonyl (C=O) groups is 1. The summed E-state index contributed by atoms with van der Waals surface area (Å²) in [5, 5.41) is 0.409. The number of hydrogen-bond donors (Lipinski definition) is 1. The quantitative estimate of drug-likeness (QED) is 0.581. The van der Waals surface area contributed by atoms with E-state index in [1.54, 1.807) is 24.3 Å². The maximum atomic E-state index is 13.4. The van der Waals surface area contributed by atoms with Gasteiger partial charge in [0.1, 0.15) is 12.4 Å². The highest BCUT2D eigenvalue weighted by atomic mass is 35.5. The summed E-state index contributed by atoms with van der Waals surface area (Å²) in [5.41, 5.74) is 5.49. The van der Waals surface area contributed by atoms with Crippen LogP contribution in [0.1, 0.15) is 29.5 Å². The minimum absolute atomic E-state index is 0.0353. The van der Waals surface area contributed by atoms with Crippen molar-refractivity contribution in [1.29, 1.82) is 0 Å². The lowest BCUT2D eigenvalue weighted by Gasteiger charge is -2.17. The monoisotopic (exact) mass is 421 g/mol. The minimum atomic E-state index is -4.59. The van der Waals surface area contributed by atoms with E-state index in [9.17, 15) is 18.0 Å². The summed E-state index contributed by atoms with van der Waals surface area (Å²) in [5.74, 6) is -0.135. The van der Waals surface area contributed by atoms with Crippen molar-refractivity contribution in [1.82, 2.24) is 0 Å². The Morgan fingerprint density at radius 2 is 1.93 bits per heavy atom. The SMILES string of the molecule is C=Cc1ccc(OCC(C(=O)C2CC2)=C(N)c2ccccc2C(F)(F)F)cc1Cl. The molecule has 1 aliphatic rings. The Kier molecular flexibility index (Phi) is 6.03. The molecule has 0 unspecified atom stereocenters. The number of nitrogens with two attached hydrogens (primary N) is 1. The number of ether oxygens (including phenoxy) is 1. The molecule has 2 N–H and O–H groups in total. The molecule has 7 heteroatoms. The van der Waals surface area contributed by atoms with E-state index in [-0.39, 0.29) is 35.1 Å². The Hall–Kier alpha value is -2.73. The van der Waals surface area contributed by atoms with Gasteiger partial charge in [-0.2, -0.15) is 13.2 Å². The summed E-state index contributed by atoms with van der Waals surface area (Å²) in [6.45, 7) is 3.39. The number of rotatable bonds is 7. The van der Waals surface area contributed by atoms with Crippen molar-refractivity contribution in [3.8, 4) is 5.75 Å². The number of halogens is 4. The van der Waals surface area contributed by atoms with Crippen LogP contribution >= 0.6 is 11.6 Å². The lowest BCUT2D eigenvalue weighted by Crippen LogP contribution is -2.20. The van der Waals surface area contributed by atoms with Crippen molar-refractivity contribution in [2.75, 3.05) is 6.61 Å². The molecule has 0 bridgehead atoms. The first-order valence-corrected chi connectivity index (χ1v) is 9.34. The Bertz CT molecular complexity index is 978. The van der Waals surface area contributed by atoms with Gasteiger partial charge in [0.15, 0.2) is 5.78 Å². The molecule has 29 heavy (non-hydrogen) atoms. The fourth-order valence-corrected chi connectivity index (χ4v) is 3.17. The summed E-state index contributed by atoms with van der Waals surface area (Å²) < 4.78 is 45.8. The minimum Gasteiger partial charge on any atom is -0.489 e. The highest BCUT2D eigenvalue weighted by molar-refractivity contribution is 6.32. The van der Waals surface area contributed by atoms with Crippen LogP contribution in [-0.4, -0.2) is 12.4 Å². The zero-order chi connectivity index (χ0) is 21.2. The molecule has 0 aromatic heterocycles. The Morgan fingerprint density at radius 1 is 1.24 bits per heavy atom. The Morgan fingerprint density at radius 3 is 2.52 bits per heavy atom. The van der Waals surface area contributed by atoms with E-state index in [1.165, 1.54) is 18.2 Å². The van der Waals surface area contributed by atoms with Crippen molar-refractivity contribution in [3.05, 3.63) is 76.3 Å². The molecular weight excluding hydrogens is 403 g/mol. The van der Waals surface area contributed by atoms with Gasteiger partial charge in [-0.25, -0.2) is 0 Å². The van der Waals surface area contributed by atoms with E-state index < -0.39 is 11.7 Å². The van der Waals surface area contributed by atoms with E-state index in [0.29, 0.717) is 29.2 Å². The molecule has 0 spiro atoms. The van der Waals surface area contributed by atoms with Crippen molar-refractivity contribution in [3.63, 3.8) is 0 Å². The number of Topliss-reactive ketones (excluding diaryl/α,β-unsaturated/α-hetero) is 1. The smallest absolute Gasteiger partial charge is 0.417 e. The van der Waals surface area contributed by atoms with E-state index >= 15 is 0 Å². The third kappa shape index (κ3) is 4.82. The van der Waals surface area contributed by atoms with Gasteiger partial charge in [0.05, 0.1) is 16.2 Å². The molecule has 3 nitrogen and oxygen atoms in total. The lowest BCUT2D eigenvalue weighted by atomic mass is 9.97. The van der Waals surface area contributed by atoms with Gasteiger partial charge < -0.3 is 10.5 Å². The maximum Gasteiger partial charge on any atom is 0.417 e. The van der Waals surface area contributed by atoms with Crippen molar-refractivity contribution < 1.29 is 22.7 Å². The fourth-order valence-electron chi connectivity index (χ4n) is 2.92. The average Bonchev–Trinajstić information content (AvgIpc) is 3.52. The number of carbonyl (C=O) groups excluding carboxylic acids is 1. The van der Waals surface area contributed by atoms with Crippen LogP contribution in [-0.2, 0) is 11.0 Å². The number of hydrogen-bond acceptors (Lipinski definition) is 3. The second kappa shape index (κ2) is 8.33. The molecule has 0 aliphatic heterocycles. The van der Waals surface area contributed by atoms with Gasteiger partial charge in [-0.15, -0.1) is 0 Å². The van der Waals surface area contributed by atoms with Crippen LogP contribution in [0, 0.1) is 5.92 Å². The van der Waals surface area contributed by atoms with E-state index in [0.717, 1.165) is 6.07 Å². The van der Waals surface area contributed by atoms with Crippen molar-refractivity contribution in [2.24, 2.45) is 11.7 Å². The standard InChI is InChI=1S/C22H19ClF3NO2/c1-2-13-9-10-15(11-19(13)23)29-12-17(21(28)14-7-8-14)20(27)16-5-3-4-6-18(16)22(24,25)26/h2-6,9-11,14H,1,7-8,12,27H2. The molecule has 0 radical (unpaired) electrons. The van der Waals surface area contributed by atoms with E-state index in [4.69, 9.17) is 22.1 Å². The second-order valence-corrected chi connectivity index (χ2v) is 7.16. The zero-order valence-electron chi connectivity index (χ0n) is 15.4. The highest BCUT2D eigenvalue weighted by Gasteiger charge is 2.37. The zero-order valence-corrected chi connectivity index (χ0v) is 16.2. The molecule has 0 heterocycles. The van der Waals surface area contributed by atoms with Crippen LogP contribution in [0.15, 0.2) is 54.6 Å². The van der Waals surface area contributed by atoms with Crippen LogP contribution in [0.4, 0.5) is 13.2 Å². The molecular formula is C22H19ClF3NO2. The summed E-state index contributed by atoms with van der Waals surface area (Å²) >= 11 is 6.12. The molecule has 1 saturated carbocycles. The lowest BCUT2D eigenvalue weighted by molar-refractivity contribution is -0.137. The third-order valence-corrected chi connectivity index (χ3v) is 5.00. The third-order valence-electron chi connectivity index (χ3n) is 4.67. The topological polar surface area (TPSA) is 52.3 Å². The molecule has 0 amide bonds. The highest BCUT2D eigenvalue weighted by Crippen LogP contribution is 2.37. The molecule has 2 aromatic carbocycles. The summed E-state index contributed by atoms with van der Waals surface area (Å²) in [7, 11) is 0. The fraction of sp³-hybridized carbons (Fsp3) is 0.227. The van der Waals surface area contributed by atoms with Crippen LogP contribution in [0.25, 0.3) is 11.8 Å². The summed E-state index contributed by atoms with van der Waals surface area (Å²) in [6, 6.07) is 9.82. The first kappa shape index (κ1) is 21.0. The number of benzene rings is 2. The summed E-state index contributed by atoms with van der Waals surface area (Å²) in [6.07, 6.45) is -1.63. The number of ketones is 1. The first-order chi connectivity index (χ1) is 13.7. The summed E-state index contributed by atoms with van der Waals surface area (Å²) in [4.78, 5) is 12.7. The largest absolute Gasteiger partial charge is 0.489 e. The normalized spacial score (nSPS) is 14.9. The van der Waals surface area contributed by atoms with E-state index in [1.807, 2.05) is 0 Å². The van der Waals surface area contributed by atoms with Gasteiger partial charge in [0.2, 0.25) is 0 Å². The predicted molar refractivity (Wildman–Crippen MR) is 107 cm³/mol. The maximum absolute atomic E-state index is 13.4. The van der Waals surface area contributed by atoms with Gasteiger partial charge in [-0.3, -0.25) is 4.79 Å². The predicted octanol–water partition coefficient (Wildman–Crippen LogP) is 5.73. The molecule has 0 saturated heterocycles. The Labute approximate surface area is 171 Å². The van der Waals surface area contributed by atoms with Crippen molar-refractivity contribution in [2.45, 2.75) is 19.0 Å². The second-order valence-electron chi connectivity index (χ2n) is 6.75. The molecule has 3 rings (SSSR count). The van der Waals surface area contributed by atoms with Gasteiger partial charge >= 0.3 is 6.18 Å². The van der Waals surface area contributed by atoms with Gasteiger partial charge in [0.25, 0.3) is 0 Å². The Balaban J connectivity index is 1.96. The van der Waals surface area contributed by atoms with Crippen molar-refractivity contribution >= 4 is 29.2 Å². The van der Waals surface area contributed by atoms with E-state index in [2.05, 4.69) is 6.58 Å². The van der Waals surface area contributed by atoms with Gasteiger partial charge in [-0.1, -0.05) is 42.5 Å². The van der Waals surface area contributed by atoms with Crippen LogP contribution in [0.2, 0.25) is 5.02 Å². The molecule has 1 fully saturated rings. The van der Waals surface area contributed by atoms with Gasteiger partial charge in [0, 0.05) is 17.2 Å². The number of alkyl halides is 3.